The maximum absolute atomic E-state index is 8.81. The first-order valence-corrected chi connectivity index (χ1v) is 5.44. The van der Waals surface area contributed by atoms with Crippen LogP contribution in [-0.2, 0) is 0 Å². The largest absolute Gasteiger partial charge is 0.382 e. The Labute approximate surface area is 91.9 Å². The van der Waals surface area contributed by atoms with Crippen molar-refractivity contribution in [1.29, 1.82) is 5.26 Å². The highest BCUT2D eigenvalue weighted by Crippen LogP contribution is 2.18. The molecular weight excluding hydrogens is 184 g/mol. The van der Waals surface area contributed by atoms with Crippen molar-refractivity contribution < 1.29 is 0 Å². The molecule has 0 spiro atoms. The lowest BCUT2D eigenvalue weighted by molar-refractivity contribution is 0.690. The minimum Gasteiger partial charge on any atom is -0.382 e. The van der Waals surface area contributed by atoms with Crippen LogP contribution in [0.5, 0.6) is 0 Å². The molecule has 2 nitrogen and oxygen atoms in total. The summed E-state index contributed by atoms with van der Waals surface area (Å²) in [5, 5.41) is 12.2. The number of aryl methyl sites for hydroxylation is 1. The fourth-order valence-corrected chi connectivity index (χ4v) is 1.62. The third-order valence-corrected chi connectivity index (χ3v) is 2.49. The Bertz CT molecular complexity index is 363. The number of hydrogen-bond acceptors (Lipinski definition) is 2. The summed E-state index contributed by atoms with van der Waals surface area (Å²) in [6, 6.07) is 8.38. The summed E-state index contributed by atoms with van der Waals surface area (Å²) < 4.78 is 0. The fourth-order valence-electron chi connectivity index (χ4n) is 1.62. The SMILES string of the molecule is CCCC(C)Nc1cc(C#N)ccc1C. The van der Waals surface area contributed by atoms with E-state index in [4.69, 9.17) is 5.26 Å². The van der Waals surface area contributed by atoms with Gasteiger partial charge in [0.05, 0.1) is 11.6 Å². The first-order chi connectivity index (χ1) is 7.17. The molecule has 1 aromatic carbocycles. The molecule has 0 radical (unpaired) electrons. The van der Waals surface area contributed by atoms with Gasteiger partial charge in [0.1, 0.15) is 0 Å². The Morgan fingerprint density at radius 3 is 2.80 bits per heavy atom. The summed E-state index contributed by atoms with van der Waals surface area (Å²) in [6.07, 6.45) is 2.32. The highest BCUT2D eigenvalue weighted by Gasteiger charge is 2.04. The predicted molar refractivity (Wildman–Crippen MR) is 63.9 cm³/mol. The van der Waals surface area contributed by atoms with Crippen molar-refractivity contribution in [3.63, 3.8) is 0 Å². The second-order valence-corrected chi connectivity index (χ2v) is 3.98. The number of hydrogen-bond donors (Lipinski definition) is 1. The zero-order valence-corrected chi connectivity index (χ0v) is 9.67. The van der Waals surface area contributed by atoms with Crippen LogP contribution in [-0.4, -0.2) is 6.04 Å². The Balaban J connectivity index is 2.80. The molecule has 1 N–H and O–H groups in total. The maximum Gasteiger partial charge on any atom is 0.0992 e. The second-order valence-electron chi connectivity index (χ2n) is 3.98. The molecule has 0 aliphatic rings. The van der Waals surface area contributed by atoms with Gasteiger partial charge in [-0.25, -0.2) is 0 Å². The third-order valence-electron chi connectivity index (χ3n) is 2.49. The molecule has 1 unspecified atom stereocenters. The molecule has 1 aromatic rings. The van der Waals surface area contributed by atoms with Crippen molar-refractivity contribution in [3.8, 4) is 6.07 Å². The first kappa shape index (κ1) is 11.6. The standard InChI is InChI=1S/C13H18N2/c1-4-5-11(3)15-13-8-12(9-14)7-6-10(13)2/h6-8,11,15H,4-5H2,1-3H3. The summed E-state index contributed by atoms with van der Waals surface area (Å²) in [5.41, 5.74) is 2.98. The Morgan fingerprint density at radius 2 is 2.20 bits per heavy atom. The molecule has 0 saturated carbocycles. The molecule has 1 atom stereocenters. The molecule has 0 fully saturated rings. The Morgan fingerprint density at radius 1 is 1.47 bits per heavy atom. The van der Waals surface area contributed by atoms with E-state index >= 15 is 0 Å². The zero-order valence-electron chi connectivity index (χ0n) is 9.67. The van der Waals surface area contributed by atoms with E-state index in [1.807, 2.05) is 18.2 Å². The summed E-state index contributed by atoms with van der Waals surface area (Å²) >= 11 is 0. The van der Waals surface area contributed by atoms with Crippen LogP contribution in [0.15, 0.2) is 18.2 Å². The normalized spacial score (nSPS) is 11.9. The molecule has 15 heavy (non-hydrogen) atoms. The van der Waals surface area contributed by atoms with Gasteiger partial charge in [0, 0.05) is 11.7 Å². The van der Waals surface area contributed by atoms with E-state index in [0.717, 1.165) is 12.1 Å². The molecule has 0 heterocycles. The zero-order chi connectivity index (χ0) is 11.3. The molecule has 0 saturated heterocycles. The molecule has 0 amide bonds. The van der Waals surface area contributed by atoms with Crippen molar-refractivity contribution in [2.45, 2.75) is 39.7 Å². The van der Waals surface area contributed by atoms with E-state index < -0.39 is 0 Å². The minimum atomic E-state index is 0.461. The number of nitriles is 1. The predicted octanol–water partition coefficient (Wildman–Crippen LogP) is 3.47. The number of nitrogens with zero attached hydrogens (tertiary/aromatic N) is 1. The van der Waals surface area contributed by atoms with Gasteiger partial charge in [-0.3, -0.25) is 0 Å². The Kier molecular flexibility index (Phi) is 4.17. The summed E-state index contributed by atoms with van der Waals surface area (Å²) in [7, 11) is 0. The van der Waals surface area contributed by atoms with Gasteiger partial charge in [-0.2, -0.15) is 5.26 Å². The van der Waals surface area contributed by atoms with E-state index in [1.54, 1.807) is 0 Å². The van der Waals surface area contributed by atoms with E-state index in [9.17, 15) is 0 Å². The molecule has 80 valence electrons. The lowest BCUT2D eigenvalue weighted by Gasteiger charge is -2.16. The number of rotatable bonds is 4. The summed E-state index contributed by atoms with van der Waals surface area (Å²) in [5.74, 6) is 0. The first-order valence-electron chi connectivity index (χ1n) is 5.44. The van der Waals surface area contributed by atoms with E-state index in [1.165, 1.54) is 12.0 Å². The van der Waals surface area contributed by atoms with Crippen molar-refractivity contribution >= 4 is 5.69 Å². The van der Waals surface area contributed by atoms with Gasteiger partial charge in [0.15, 0.2) is 0 Å². The van der Waals surface area contributed by atoms with Gasteiger partial charge in [0.2, 0.25) is 0 Å². The molecule has 1 rings (SSSR count). The van der Waals surface area contributed by atoms with Crippen LogP contribution in [0.4, 0.5) is 5.69 Å². The average molecular weight is 202 g/mol. The highest BCUT2D eigenvalue weighted by molar-refractivity contribution is 5.55. The monoisotopic (exact) mass is 202 g/mol. The summed E-state index contributed by atoms with van der Waals surface area (Å²) in [6.45, 7) is 6.40. The quantitative estimate of drug-likeness (QED) is 0.811. The molecule has 0 aliphatic heterocycles. The molecule has 0 bridgehead atoms. The van der Waals surface area contributed by atoms with Crippen LogP contribution in [0.1, 0.15) is 37.8 Å². The average Bonchev–Trinajstić information content (AvgIpc) is 2.21. The van der Waals surface area contributed by atoms with Gasteiger partial charge in [-0.05, 0) is 38.0 Å². The van der Waals surface area contributed by atoms with Crippen molar-refractivity contribution in [2.24, 2.45) is 0 Å². The fraction of sp³-hybridized carbons (Fsp3) is 0.462. The lowest BCUT2D eigenvalue weighted by Crippen LogP contribution is -2.15. The van der Waals surface area contributed by atoms with Crippen LogP contribution in [0.2, 0.25) is 0 Å². The van der Waals surface area contributed by atoms with E-state index in [0.29, 0.717) is 11.6 Å². The lowest BCUT2D eigenvalue weighted by atomic mass is 10.1. The van der Waals surface area contributed by atoms with Crippen LogP contribution < -0.4 is 5.32 Å². The van der Waals surface area contributed by atoms with Crippen molar-refractivity contribution in [1.82, 2.24) is 0 Å². The van der Waals surface area contributed by atoms with Gasteiger partial charge >= 0.3 is 0 Å². The topological polar surface area (TPSA) is 35.8 Å². The third kappa shape index (κ3) is 3.28. The van der Waals surface area contributed by atoms with Gasteiger partial charge in [-0.1, -0.05) is 19.4 Å². The second kappa shape index (κ2) is 5.41. The van der Waals surface area contributed by atoms with Crippen LogP contribution in [0.3, 0.4) is 0 Å². The molecule has 0 aliphatic carbocycles. The maximum atomic E-state index is 8.81. The van der Waals surface area contributed by atoms with Gasteiger partial charge < -0.3 is 5.32 Å². The van der Waals surface area contributed by atoms with E-state index in [-0.39, 0.29) is 0 Å². The number of benzene rings is 1. The van der Waals surface area contributed by atoms with Gasteiger partial charge in [-0.15, -0.1) is 0 Å². The van der Waals surface area contributed by atoms with Crippen LogP contribution in [0.25, 0.3) is 0 Å². The van der Waals surface area contributed by atoms with Crippen LogP contribution in [0, 0.1) is 18.3 Å². The summed E-state index contributed by atoms with van der Waals surface area (Å²) in [4.78, 5) is 0. The Hall–Kier alpha value is -1.49. The molecule has 2 heteroatoms. The minimum absolute atomic E-state index is 0.461. The van der Waals surface area contributed by atoms with Crippen molar-refractivity contribution in [2.75, 3.05) is 5.32 Å². The highest BCUT2D eigenvalue weighted by atomic mass is 14.9. The van der Waals surface area contributed by atoms with Crippen molar-refractivity contribution in [3.05, 3.63) is 29.3 Å². The number of nitrogens with one attached hydrogen (secondary N) is 1. The smallest absolute Gasteiger partial charge is 0.0992 e. The van der Waals surface area contributed by atoms with Crippen LogP contribution >= 0.6 is 0 Å². The molecule has 0 aromatic heterocycles. The van der Waals surface area contributed by atoms with E-state index in [2.05, 4.69) is 32.2 Å². The number of anilines is 1. The van der Waals surface area contributed by atoms with Gasteiger partial charge in [0.25, 0.3) is 0 Å². The molecular formula is C13H18N2.